The van der Waals surface area contributed by atoms with Crippen LogP contribution in [0.15, 0.2) is 0 Å². The van der Waals surface area contributed by atoms with Crippen LogP contribution in [-0.4, -0.2) is 30.8 Å². The van der Waals surface area contributed by atoms with E-state index in [1.165, 1.54) is 0 Å². The van der Waals surface area contributed by atoms with Gasteiger partial charge in [-0.2, -0.15) is 26.3 Å². The predicted molar refractivity (Wildman–Crippen MR) is 37.1 cm³/mol. The molecule has 0 saturated heterocycles. The van der Waals surface area contributed by atoms with Crippen LogP contribution < -0.4 is 0 Å². The molecule has 0 saturated carbocycles. The summed E-state index contributed by atoms with van der Waals surface area (Å²) < 4.78 is 74.5. The molecule has 2 nitrogen and oxygen atoms in total. The molecule has 0 bridgehead atoms. The fraction of sp³-hybridized carbons (Fsp3) is 0.857. The van der Waals surface area contributed by atoms with E-state index in [0.29, 0.717) is 0 Å². The SMILES string of the molecule is CC(=O)CCOC(C(F)(F)F)C(F)(F)F. The number of hydrogen-bond donors (Lipinski definition) is 0. The molecule has 0 aromatic heterocycles. The highest BCUT2D eigenvalue weighted by atomic mass is 19.4. The van der Waals surface area contributed by atoms with Gasteiger partial charge in [0.2, 0.25) is 6.10 Å². The molecule has 0 aliphatic rings. The van der Waals surface area contributed by atoms with Crippen molar-refractivity contribution in [2.24, 2.45) is 0 Å². The summed E-state index contributed by atoms with van der Waals surface area (Å²) in [4.78, 5) is 10.3. The first-order valence-electron chi connectivity index (χ1n) is 3.79. The molecule has 0 radical (unpaired) electrons. The molecule has 0 rings (SSSR count). The molecule has 0 heterocycles. The van der Waals surface area contributed by atoms with E-state index in [1.54, 1.807) is 0 Å². The second kappa shape index (κ2) is 4.82. The monoisotopic (exact) mass is 238 g/mol. The smallest absolute Gasteiger partial charge is 0.360 e. The maximum Gasteiger partial charge on any atom is 0.423 e. The molecule has 0 unspecified atom stereocenters. The summed E-state index contributed by atoms with van der Waals surface area (Å²) in [5, 5.41) is 0. The molecule has 0 aromatic carbocycles. The summed E-state index contributed by atoms with van der Waals surface area (Å²) in [6.07, 6.45) is -15.4. The van der Waals surface area contributed by atoms with Crippen molar-refractivity contribution in [3.8, 4) is 0 Å². The van der Waals surface area contributed by atoms with E-state index in [-0.39, 0.29) is 0 Å². The zero-order chi connectivity index (χ0) is 12.3. The van der Waals surface area contributed by atoms with E-state index in [4.69, 9.17) is 0 Å². The second-order valence-corrected chi connectivity index (χ2v) is 2.79. The van der Waals surface area contributed by atoms with Gasteiger partial charge in [-0.1, -0.05) is 0 Å². The first kappa shape index (κ1) is 14.2. The Morgan fingerprint density at radius 1 is 1.13 bits per heavy atom. The number of alkyl halides is 6. The number of ether oxygens (including phenoxy) is 1. The molecule has 0 atom stereocenters. The van der Waals surface area contributed by atoms with E-state index in [2.05, 4.69) is 4.74 Å². The summed E-state index contributed by atoms with van der Waals surface area (Å²) >= 11 is 0. The lowest BCUT2D eigenvalue weighted by atomic mass is 10.3. The number of ketones is 1. The Kier molecular flexibility index (Phi) is 4.57. The molecule has 0 aromatic rings. The van der Waals surface area contributed by atoms with Gasteiger partial charge in [0.1, 0.15) is 5.78 Å². The van der Waals surface area contributed by atoms with E-state index < -0.39 is 37.3 Å². The normalized spacial score (nSPS) is 13.3. The van der Waals surface area contributed by atoms with Crippen LogP contribution in [0.3, 0.4) is 0 Å². The Bertz CT molecular complexity index is 205. The fourth-order valence-corrected chi connectivity index (χ4v) is 0.695. The minimum atomic E-state index is -5.52. The number of halogens is 6. The lowest BCUT2D eigenvalue weighted by Crippen LogP contribution is -2.44. The average molecular weight is 238 g/mol. The molecule has 90 valence electrons. The lowest BCUT2D eigenvalue weighted by Gasteiger charge is -2.22. The van der Waals surface area contributed by atoms with E-state index >= 15 is 0 Å². The Hall–Kier alpha value is -0.790. The van der Waals surface area contributed by atoms with Crippen molar-refractivity contribution in [3.63, 3.8) is 0 Å². The van der Waals surface area contributed by atoms with Crippen molar-refractivity contribution in [1.82, 2.24) is 0 Å². The number of hydrogen-bond acceptors (Lipinski definition) is 2. The van der Waals surface area contributed by atoms with Crippen LogP contribution in [0.2, 0.25) is 0 Å². The van der Waals surface area contributed by atoms with Crippen molar-refractivity contribution in [1.29, 1.82) is 0 Å². The van der Waals surface area contributed by atoms with Gasteiger partial charge in [0.05, 0.1) is 6.61 Å². The largest absolute Gasteiger partial charge is 0.423 e. The molecule has 0 amide bonds. The van der Waals surface area contributed by atoms with Gasteiger partial charge in [-0.25, -0.2) is 0 Å². The highest BCUT2D eigenvalue weighted by Crippen LogP contribution is 2.35. The van der Waals surface area contributed by atoms with Crippen molar-refractivity contribution in [2.75, 3.05) is 6.61 Å². The van der Waals surface area contributed by atoms with E-state index in [9.17, 15) is 31.1 Å². The van der Waals surface area contributed by atoms with Gasteiger partial charge in [-0.3, -0.25) is 4.79 Å². The maximum atomic E-state index is 11.8. The van der Waals surface area contributed by atoms with Crippen LogP contribution in [0.1, 0.15) is 13.3 Å². The molecule has 0 aliphatic carbocycles. The van der Waals surface area contributed by atoms with Crippen molar-refractivity contribution in [3.05, 3.63) is 0 Å². The molecule has 0 aliphatic heterocycles. The summed E-state index contributed by atoms with van der Waals surface area (Å²) in [7, 11) is 0. The Morgan fingerprint density at radius 2 is 1.53 bits per heavy atom. The topological polar surface area (TPSA) is 26.3 Å². The Morgan fingerprint density at radius 3 is 1.80 bits per heavy atom. The third-order valence-electron chi connectivity index (χ3n) is 1.33. The van der Waals surface area contributed by atoms with Gasteiger partial charge in [0.25, 0.3) is 0 Å². The number of carbonyl (C=O) groups excluding carboxylic acids is 1. The molecular formula is C7H8F6O2. The molecule has 8 heteroatoms. The van der Waals surface area contributed by atoms with Crippen molar-refractivity contribution < 1.29 is 35.9 Å². The minimum Gasteiger partial charge on any atom is -0.360 e. The zero-order valence-electron chi connectivity index (χ0n) is 7.58. The Labute approximate surface area is 81.2 Å². The standard InChI is InChI=1S/C7H8F6O2/c1-4(14)2-3-15-5(6(8,9)10)7(11,12)13/h5H,2-3H2,1H3. The lowest BCUT2D eigenvalue weighted by molar-refractivity contribution is -0.321. The molecular weight excluding hydrogens is 230 g/mol. The number of carbonyl (C=O) groups is 1. The third-order valence-corrected chi connectivity index (χ3v) is 1.33. The molecule has 0 spiro atoms. The van der Waals surface area contributed by atoms with E-state index in [1.807, 2.05) is 0 Å². The summed E-state index contributed by atoms with van der Waals surface area (Å²) in [5.74, 6) is -0.543. The zero-order valence-corrected chi connectivity index (χ0v) is 7.58. The summed E-state index contributed by atoms with van der Waals surface area (Å²) in [5.41, 5.74) is 0. The van der Waals surface area contributed by atoms with Crippen LogP contribution in [0.4, 0.5) is 26.3 Å². The minimum absolute atomic E-state index is 0.483. The molecule has 15 heavy (non-hydrogen) atoms. The van der Waals surface area contributed by atoms with Gasteiger partial charge in [-0.15, -0.1) is 0 Å². The van der Waals surface area contributed by atoms with Crippen LogP contribution in [0, 0.1) is 0 Å². The highest BCUT2D eigenvalue weighted by molar-refractivity contribution is 5.75. The predicted octanol–water partition coefficient (Wildman–Crippen LogP) is 2.48. The highest BCUT2D eigenvalue weighted by Gasteiger charge is 2.57. The fourth-order valence-electron chi connectivity index (χ4n) is 0.695. The van der Waals surface area contributed by atoms with Gasteiger partial charge in [-0.05, 0) is 6.92 Å². The Balaban J connectivity index is 4.35. The summed E-state index contributed by atoms with van der Waals surface area (Å²) in [6, 6.07) is 0. The van der Waals surface area contributed by atoms with Crippen molar-refractivity contribution >= 4 is 5.78 Å². The average Bonchev–Trinajstić information content (AvgIpc) is 1.92. The number of Topliss-reactive ketones (excluding diaryl/α,β-unsaturated/α-hetero) is 1. The molecule has 0 N–H and O–H groups in total. The van der Waals surface area contributed by atoms with Gasteiger partial charge in [0, 0.05) is 6.42 Å². The first-order valence-corrected chi connectivity index (χ1v) is 3.79. The number of rotatable bonds is 4. The van der Waals surface area contributed by atoms with Gasteiger partial charge >= 0.3 is 12.4 Å². The van der Waals surface area contributed by atoms with Gasteiger partial charge < -0.3 is 4.74 Å². The van der Waals surface area contributed by atoms with Gasteiger partial charge in [0.15, 0.2) is 0 Å². The van der Waals surface area contributed by atoms with Crippen LogP contribution in [0.25, 0.3) is 0 Å². The summed E-state index contributed by atoms with van der Waals surface area (Å²) in [6.45, 7) is 0.137. The quantitative estimate of drug-likeness (QED) is 0.703. The van der Waals surface area contributed by atoms with Crippen LogP contribution in [0.5, 0.6) is 0 Å². The first-order chi connectivity index (χ1) is 6.55. The van der Waals surface area contributed by atoms with Crippen LogP contribution in [-0.2, 0) is 9.53 Å². The van der Waals surface area contributed by atoms with Crippen molar-refractivity contribution in [2.45, 2.75) is 31.8 Å². The second-order valence-electron chi connectivity index (χ2n) is 2.79. The van der Waals surface area contributed by atoms with Crippen LogP contribution >= 0.6 is 0 Å². The van der Waals surface area contributed by atoms with E-state index in [0.717, 1.165) is 6.92 Å². The third kappa shape index (κ3) is 5.60. The molecule has 0 fully saturated rings. The maximum absolute atomic E-state index is 11.8.